The first-order chi connectivity index (χ1) is 13.2. The number of fused-ring (bicyclic) bond motifs is 1. The Hall–Kier alpha value is -2.71. The molecule has 4 rings (SSSR count). The number of nitriles is 1. The molecule has 0 spiro atoms. The minimum absolute atomic E-state index is 0.0550. The number of aliphatic hydroxyl groups excluding tert-OH is 1. The molecule has 0 aromatic carbocycles. The quantitative estimate of drug-likeness (QED) is 0.713. The van der Waals surface area contributed by atoms with Crippen LogP contribution in [0.4, 0.5) is 13.2 Å². The molecule has 1 aliphatic carbocycles. The number of alkyl halides is 3. The number of nitrogens with zero attached hydrogens (tertiary/aromatic N) is 5. The van der Waals surface area contributed by atoms with Crippen LogP contribution >= 0.6 is 11.3 Å². The molecule has 1 N–H and O–H groups in total. The largest absolute Gasteiger partial charge is 0.435 e. The van der Waals surface area contributed by atoms with E-state index in [1.807, 2.05) is 6.92 Å². The summed E-state index contributed by atoms with van der Waals surface area (Å²) in [5.74, 6) is 0.237. The number of thiazole rings is 1. The first-order valence-electron chi connectivity index (χ1n) is 8.41. The second kappa shape index (κ2) is 6.42. The molecule has 28 heavy (non-hydrogen) atoms. The second-order valence-corrected chi connectivity index (χ2v) is 7.90. The van der Waals surface area contributed by atoms with Gasteiger partial charge < -0.3 is 5.11 Å². The minimum atomic E-state index is -4.67. The van der Waals surface area contributed by atoms with Gasteiger partial charge in [0.2, 0.25) is 0 Å². The highest BCUT2D eigenvalue weighted by atomic mass is 32.1. The van der Waals surface area contributed by atoms with Crippen molar-refractivity contribution in [1.82, 2.24) is 19.2 Å². The summed E-state index contributed by atoms with van der Waals surface area (Å²) in [6.07, 6.45) is -3.86. The van der Waals surface area contributed by atoms with Crippen LogP contribution < -0.4 is 5.56 Å². The smallest absolute Gasteiger partial charge is 0.396 e. The number of rotatable bonds is 4. The van der Waals surface area contributed by atoms with Crippen LogP contribution in [0.3, 0.4) is 0 Å². The van der Waals surface area contributed by atoms with Gasteiger partial charge in [0.25, 0.3) is 5.56 Å². The Bertz CT molecular complexity index is 1170. The molecule has 3 aromatic rings. The Labute approximate surface area is 160 Å². The summed E-state index contributed by atoms with van der Waals surface area (Å²) in [7, 11) is 0. The number of aromatic nitrogens is 4. The molecule has 1 saturated carbocycles. The number of hydrogen-bond acceptors (Lipinski definition) is 6. The van der Waals surface area contributed by atoms with E-state index < -0.39 is 11.9 Å². The average Bonchev–Trinajstić information content (AvgIpc) is 3.14. The predicted octanol–water partition coefficient (Wildman–Crippen LogP) is 2.30. The van der Waals surface area contributed by atoms with Crippen molar-refractivity contribution in [2.75, 3.05) is 6.61 Å². The normalized spacial score (nSPS) is 19.1. The summed E-state index contributed by atoms with van der Waals surface area (Å²) in [5.41, 5.74) is -0.717. The summed E-state index contributed by atoms with van der Waals surface area (Å²) >= 11 is 1.31. The SMILES string of the molecule is Cc1sc2nc(Cn3nc(C(F)(F)F)cc3C#N)cc(=O)n2c1[C@@H]1C[C@H]1CO. The van der Waals surface area contributed by atoms with Gasteiger partial charge in [0.05, 0.1) is 12.2 Å². The van der Waals surface area contributed by atoms with Crippen LogP contribution in [-0.4, -0.2) is 30.9 Å². The van der Waals surface area contributed by atoms with Crippen LogP contribution in [0.2, 0.25) is 0 Å². The van der Waals surface area contributed by atoms with E-state index in [0.29, 0.717) is 11.0 Å². The molecular formula is C17H14F3N5O2S. The van der Waals surface area contributed by atoms with Crippen molar-refractivity contribution in [3.63, 3.8) is 0 Å². The third kappa shape index (κ3) is 3.08. The zero-order valence-electron chi connectivity index (χ0n) is 14.6. The molecule has 2 atom stereocenters. The fourth-order valence-corrected chi connectivity index (χ4v) is 4.42. The summed E-state index contributed by atoms with van der Waals surface area (Å²) < 4.78 is 40.9. The highest BCUT2D eigenvalue weighted by Gasteiger charge is 2.41. The van der Waals surface area contributed by atoms with Crippen LogP contribution in [0, 0.1) is 24.2 Å². The second-order valence-electron chi connectivity index (χ2n) is 6.71. The number of halogens is 3. The van der Waals surface area contributed by atoms with Crippen LogP contribution in [0.15, 0.2) is 16.9 Å². The fraction of sp³-hybridized carbons (Fsp3) is 0.412. The standard InChI is InChI=1S/C17H14F3N5O2S/c1-8-15(12-2-9(12)7-26)25-14(27)3-10(22-16(25)28-8)6-24-11(5-21)4-13(23-24)17(18,19)20/h3-4,9,12,26H,2,6-7H2,1H3/t9-,12+/m0/s1. The lowest BCUT2D eigenvalue weighted by molar-refractivity contribution is -0.141. The summed E-state index contributed by atoms with van der Waals surface area (Å²) in [4.78, 5) is 18.4. The lowest BCUT2D eigenvalue weighted by Gasteiger charge is -2.05. The van der Waals surface area contributed by atoms with E-state index in [9.17, 15) is 23.1 Å². The van der Waals surface area contributed by atoms with Crippen LogP contribution in [0.25, 0.3) is 4.96 Å². The molecule has 0 saturated heterocycles. The molecule has 0 amide bonds. The molecule has 0 unspecified atom stereocenters. The maximum absolute atomic E-state index is 12.8. The summed E-state index contributed by atoms with van der Waals surface area (Å²) in [6.45, 7) is 1.70. The van der Waals surface area contributed by atoms with E-state index in [1.165, 1.54) is 21.8 Å². The first-order valence-corrected chi connectivity index (χ1v) is 9.22. The van der Waals surface area contributed by atoms with Gasteiger partial charge in [-0.15, -0.1) is 11.3 Å². The number of aryl methyl sites for hydroxylation is 1. The molecule has 0 radical (unpaired) electrons. The fourth-order valence-electron chi connectivity index (χ4n) is 3.35. The van der Waals surface area contributed by atoms with Gasteiger partial charge >= 0.3 is 6.18 Å². The predicted molar refractivity (Wildman–Crippen MR) is 93.1 cm³/mol. The van der Waals surface area contributed by atoms with Gasteiger partial charge in [0.15, 0.2) is 10.7 Å². The molecule has 3 aromatic heterocycles. The van der Waals surface area contributed by atoms with Gasteiger partial charge in [0, 0.05) is 35.2 Å². The van der Waals surface area contributed by atoms with E-state index in [1.54, 1.807) is 6.07 Å². The van der Waals surface area contributed by atoms with Gasteiger partial charge in [-0.05, 0) is 19.3 Å². The summed E-state index contributed by atoms with van der Waals surface area (Å²) in [6, 6.07) is 3.59. The maximum Gasteiger partial charge on any atom is 0.435 e. The molecule has 146 valence electrons. The number of aliphatic hydroxyl groups is 1. The van der Waals surface area contributed by atoms with E-state index in [2.05, 4.69) is 10.1 Å². The van der Waals surface area contributed by atoms with Crippen molar-refractivity contribution >= 4 is 16.3 Å². The summed E-state index contributed by atoms with van der Waals surface area (Å²) in [5, 5.41) is 21.8. The Morgan fingerprint density at radius 2 is 2.18 bits per heavy atom. The van der Waals surface area contributed by atoms with E-state index >= 15 is 0 Å². The third-order valence-corrected chi connectivity index (χ3v) is 5.76. The van der Waals surface area contributed by atoms with E-state index in [-0.39, 0.29) is 41.9 Å². The van der Waals surface area contributed by atoms with Crippen molar-refractivity contribution in [3.05, 3.63) is 50.1 Å². The molecule has 0 bridgehead atoms. The van der Waals surface area contributed by atoms with Crippen LogP contribution in [0.1, 0.15) is 40.0 Å². The van der Waals surface area contributed by atoms with Crippen molar-refractivity contribution < 1.29 is 18.3 Å². The minimum Gasteiger partial charge on any atom is -0.396 e. The molecule has 1 fully saturated rings. The van der Waals surface area contributed by atoms with Crippen molar-refractivity contribution in [2.45, 2.75) is 32.0 Å². The zero-order valence-corrected chi connectivity index (χ0v) is 15.4. The molecule has 1 aliphatic rings. The highest BCUT2D eigenvalue weighted by Crippen LogP contribution is 2.49. The van der Waals surface area contributed by atoms with E-state index in [4.69, 9.17) is 5.26 Å². The lowest BCUT2D eigenvalue weighted by atomic mass is 10.2. The molecule has 7 nitrogen and oxygen atoms in total. The monoisotopic (exact) mass is 409 g/mol. The third-order valence-electron chi connectivity index (χ3n) is 4.79. The average molecular weight is 409 g/mol. The van der Waals surface area contributed by atoms with Gasteiger partial charge in [0.1, 0.15) is 11.8 Å². The Morgan fingerprint density at radius 1 is 1.43 bits per heavy atom. The maximum atomic E-state index is 12.8. The molecule has 11 heteroatoms. The van der Waals surface area contributed by atoms with E-state index in [0.717, 1.165) is 21.7 Å². The van der Waals surface area contributed by atoms with Gasteiger partial charge in [-0.2, -0.15) is 23.5 Å². The van der Waals surface area contributed by atoms with Crippen LogP contribution in [0.5, 0.6) is 0 Å². The van der Waals surface area contributed by atoms with Gasteiger partial charge in [-0.3, -0.25) is 9.20 Å². The van der Waals surface area contributed by atoms with Crippen molar-refractivity contribution in [1.29, 1.82) is 5.26 Å². The highest BCUT2D eigenvalue weighted by molar-refractivity contribution is 7.17. The zero-order chi connectivity index (χ0) is 20.2. The number of hydrogen-bond donors (Lipinski definition) is 1. The Balaban J connectivity index is 1.73. The molecule has 0 aliphatic heterocycles. The Morgan fingerprint density at radius 3 is 2.79 bits per heavy atom. The van der Waals surface area contributed by atoms with Gasteiger partial charge in [-0.25, -0.2) is 9.67 Å². The van der Waals surface area contributed by atoms with Crippen LogP contribution in [-0.2, 0) is 12.7 Å². The topological polar surface area (TPSA) is 96.2 Å². The van der Waals surface area contributed by atoms with Crippen molar-refractivity contribution in [2.24, 2.45) is 5.92 Å². The van der Waals surface area contributed by atoms with Crippen molar-refractivity contribution in [3.8, 4) is 6.07 Å². The Kier molecular flexibility index (Phi) is 4.28. The first kappa shape index (κ1) is 18.6. The lowest BCUT2D eigenvalue weighted by Crippen LogP contribution is -2.18. The van der Waals surface area contributed by atoms with Gasteiger partial charge in [-0.1, -0.05) is 0 Å². The molecule has 3 heterocycles. The molecular weight excluding hydrogens is 395 g/mol.